The average Bonchev–Trinajstić information content (AvgIpc) is 3.01. The van der Waals surface area contributed by atoms with Gasteiger partial charge >= 0.3 is 0 Å². The monoisotopic (exact) mass is 821 g/mol. The van der Waals surface area contributed by atoms with Crippen molar-refractivity contribution in [2.24, 2.45) is 11.8 Å². The second kappa shape index (κ2) is 18.6. The van der Waals surface area contributed by atoms with Gasteiger partial charge in [0.2, 0.25) is 0 Å². The summed E-state index contributed by atoms with van der Waals surface area (Å²) < 4.78 is 0. The summed E-state index contributed by atoms with van der Waals surface area (Å²) in [5.41, 5.74) is 12.7. The van der Waals surface area contributed by atoms with Crippen LogP contribution in [0.3, 0.4) is 0 Å². The summed E-state index contributed by atoms with van der Waals surface area (Å²) in [6, 6.07) is 18.0. The number of aliphatic hydroxyl groups excluding tert-OH is 1. The first-order chi connectivity index (χ1) is 22.4. The summed E-state index contributed by atoms with van der Waals surface area (Å²) in [5.74, 6) is 0.547. The summed E-state index contributed by atoms with van der Waals surface area (Å²) in [7, 11) is 0. The van der Waals surface area contributed by atoms with Gasteiger partial charge in [0.15, 0.2) is 11.5 Å². The van der Waals surface area contributed by atoms with Crippen LogP contribution in [0.4, 0.5) is 5.69 Å². The number of allylic oxidation sites excluding steroid dienone is 2. The first-order valence-corrected chi connectivity index (χ1v) is 16.8. The molecule has 0 saturated carbocycles. The third-order valence-electron chi connectivity index (χ3n) is 8.77. The van der Waals surface area contributed by atoms with E-state index < -0.39 is 0 Å². The van der Waals surface area contributed by atoms with Crippen LogP contribution in [0.2, 0.25) is 0 Å². The predicted octanol–water partition coefficient (Wildman–Crippen LogP) is 11.5. The molecule has 0 fully saturated rings. The fourth-order valence-electron chi connectivity index (χ4n) is 6.17. The smallest absolute Gasteiger partial charge is 0.190 e. The molecule has 0 bridgehead atoms. The first kappa shape index (κ1) is 40.3. The van der Waals surface area contributed by atoms with Gasteiger partial charge in [-0.05, 0) is 75.6 Å². The Balaban J connectivity index is 0.000000427. The number of aromatic nitrogens is 2. The molecule has 6 heteroatoms. The molecule has 0 aliphatic rings. The molecule has 0 aliphatic heterocycles. The predicted molar refractivity (Wildman–Crippen MR) is 196 cm³/mol. The van der Waals surface area contributed by atoms with Crippen LogP contribution in [0.5, 0.6) is 0 Å². The van der Waals surface area contributed by atoms with Crippen LogP contribution in [0, 0.1) is 66.0 Å². The summed E-state index contributed by atoms with van der Waals surface area (Å²) >= 11 is 0. The molecular formula is C42H50IrN3O2-. The zero-order valence-corrected chi connectivity index (χ0v) is 32.6. The van der Waals surface area contributed by atoms with Crippen molar-refractivity contribution in [3.05, 3.63) is 111 Å². The number of carbonyl (C=O) groups excluding carboxylic acids is 1. The van der Waals surface area contributed by atoms with Crippen molar-refractivity contribution in [1.82, 2.24) is 9.97 Å². The number of aliphatic hydroxyl groups is 1. The molecule has 0 aliphatic carbocycles. The van der Waals surface area contributed by atoms with Crippen LogP contribution in [0.15, 0.2) is 60.5 Å². The molecule has 48 heavy (non-hydrogen) atoms. The third kappa shape index (κ3) is 10.0. The maximum atomic E-state index is 11.7. The Morgan fingerprint density at radius 2 is 1.44 bits per heavy atom. The van der Waals surface area contributed by atoms with E-state index in [1.165, 1.54) is 22.8 Å². The number of nitrogens with zero attached hydrogens (tertiary/aromatic N) is 3. The minimum absolute atomic E-state index is 0. The second-order valence-corrected chi connectivity index (χ2v) is 12.6. The van der Waals surface area contributed by atoms with E-state index in [1.54, 1.807) is 0 Å². The van der Waals surface area contributed by atoms with E-state index in [0.717, 1.165) is 76.1 Å². The molecule has 0 amide bonds. The minimum Gasteiger partial charge on any atom is -0.512 e. The van der Waals surface area contributed by atoms with E-state index in [1.807, 2.05) is 52.9 Å². The Bertz CT molecular complexity index is 1750. The molecule has 3 aromatic carbocycles. The summed E-state index contributed by atoms with van der Waals surface area (Å²) in [6.45, 7) is 28.0. The van der Waals surface area contributed by atoms with E-state index in [4.69, 9.17) is 16.5 Å². The molecule has 5 nitrogen and oxygen atoms in total. The van der Waals surface area contributed by atoms with Crippen molar-refractivity contribution in [3.63, 3.8) is 0 Å². The molecule has 0 spiro atoms. The fraction of sp³-hybridized carbons (Fsp3) is 0.381. The number of ketones is 1. The molecule has 1 N–H and O–H groups in total. The van der Waals surface area contributed by atoms with Gasteiger partial charge in [0.05, 0.1) is 23.7 Å². The van der Waals surface area contributed by atoms with Crippen molar-refractivity contribution >= 4 is 11.5 Å². The summed E-state index contributed by atoms with van der Waals surface area (Å²) in [6.07, 6.45) is 6.74. The van der Waals surface area contributed by atoms with Gasteiger partial charge < -0.3 is 10.1 Å². The number of carbonyl (C=O) groups is 1. The number of aryl methyl sites for hydroxylation is 5. The number of hydrogen-bond acceptors (Lipinski definition) is 4. The standard InChI is InChI=1S/C29H26N3.C13H24O2.Ir/c1-17-10-18(2)13-23(12-17)28-29(24-14-19(3)11-20(4)15-24)32-26(16-31-28)27-21(5)8-9-25(30-7)22(27)6;1-5-10(6-2)12(14)9-13(15)11(7-3)8-4;/h8-12,14-16H,1-6H3;9-11,14H,5-8H2,1-4H3;/q-1;;/b;12-9-;. The largest absolute Gasteiger partial charge is 0.512 e. The van der Waals surface area contributed by atoms with Crippen LogP contribution in [-0.2, 0) is 24.9 Å². The topological polar surface area (TPSA) is 67.4 Å². The van der Waals surface area contributed by atoms with Crippen molar-refractivity contribution in [1.29, 1.82) is 0 Å². The minimum atomic E-state index is 0. The van der Waals surface area contributed by atoms with E-state index in [9.17, 15) is 9.90 Å². The van der Waals surface area contributed by atoms with Gasteiger partial charge in [-0.15, -0.1) is 34.9 Å². The first-order valence-electron chi connectivity index (χ1n) is 16.8. The van der Waals surface area contributed by atoms with Crippen LogP contribution in [0.1, 0.15) is 86.8 Å². The Morgan fingerprint density at radius 1 is 0.854 bits per heavy atom. The molecule has 0 unspecified atom stereocenters. The molecule has 1 aromatic heterocycles. The average molecular weight is 821 g/mol. The van der Waals surface area contributed by atoms with Gasteiger partial charge in [0.1, 0.15) is 0 Å². The molecule has 4 aromatic rings. The van der Waals surface area contributed by atoms with E-state index >= 15 is 0 Å². The molecule has 0 saturated heterocycles. The Kier molecular flexibility index (Phi) is 15.6. The molecular weight excluding hydrogens is 771 g/mol. The Morgan fingerprint density at radius 3 is 1.98 bits per heavy atom. The maximum absolute atomic E-state index is 11.7. The zero-order chi connectivity index (χ0) is 34.8. The third-order valence-corrected chi connectivity index (χ3v) is 8.77. The Hall–Kier alpha value is -3.91. The van der Waals surface area contributed by atoms with E-state index in [0.29, 0.717) is 5.69 Å². The second-order valence-electron chi connectivity index (χ2n) is 12.6. The van der Waals surface area contributed by atoms with Crippen molar-refractivity contribution < 1.29 is 30.0 Å². The maximum Gasteiger partial charge on any atom is 0.190 e. The summed E-state index contributed by atoms with van der Waals surface area (Å²) in [5, 5.41) is 9.76. The molecule has 1 radical (unpaired) electrons. The van der Waals surface area contributed by atoms with Gasteiger partial charge in [-0.25, -0.2) is 4.85 Å². The molecule has 1 heterocycles. The van der Waals surface area contributed by atoms with Gasteiger partial charge in [0, 0.05) is 49.9 Å². The quantitative estimate of drug-likeness (QED) is 0.0983. The molecule has 0 atom stereocenters. The van der Waals surface area contributed by atoms with Crippen LogP contribution < -0.4 is 0 Å². The zero-order valence-electron chi connectivity index (χ0n) is 30.2. The van der Waals surface area contributed by atoms with Crippen molar-refractivity contribution in [2.75, 3.05) is 0 Å². The fourth-order valence-corrected chi connectivity index (χ4v) is 6.17. The van der Waals surface area contributed by atoms with Gasteiger partial charge in [-0.3, -0.25) is 9.78 Å². The van der Waals surface area contributed by atoms with Crippen LogP contribution >= 0.6 is 0 Å². The number of rotatable bonds is 10. The summed E-state index contributed by atoms with van der Waals surface area (Å²) in [4.78, 5) is 25.5. The van der Waals surface area contributed by atoms with Gasteiger partial charge in [-0.2, -0.15) is 0 Å². The molecule has 4 rings (SSSR count). The SMILES string of the molecule is CCC(CC)C(=O)/C=C(\O)C(CC)CC.[C-]#[N+]c1ccc(C)c(-c2cnc(-c3[c-]c(C)cc(C)c3)c(-c3cc(C)cc(C)c3)n2)c1C.[Ir]. The van der Waals surface area contributed by atoms with Crippen molar-refractivity contribution in [2.45, 2.75) is 94.9 Å². The van der Waals surface area contributed by atoms with Gasteiger partial charge in [-0.1, -0.05) is 83.0 Å². The van der Waals surface area contributed by atoms with Gasteiger partial charge in [0.25, 0.3) is 0 Å². The van der Waals surface area contributed by atoms with E-state index in [2.05, 4.69) is 75.9 Å². The Labute approximate surface area is 302 Å². The number of benzene rings is 3. The number of hydrogen-bond donors (Lipinski definition) is 1. The van der Waals surface area contributed by atoms with Crippen LogP contribution in [-0.4, -0.2) is 20.9 Å². The van der Waals surface area contributed by atoms with E-state index in [-0.39, 0.29) is 43.5 Å². The van der Waals surface area contributed by atoms with Crippen LogP contribution in [0.25, 0.3) is 38.6 Å². The normalized spacial score (nSPS) is 11.1. The molecule has 255 valence electrons. The van der Waals surface area contributed by atoms with Crippen molar-refractivity contribution in [3.8, 4) is 33.8 Å².